The van der Waals surface area contributed by atoms with E-state index in [9.17, 15) is 9.18 Å². The number of hydrogen-bond donors (Lipinski definition) is 1. The van der Waals surface area contributed by atoms with Crippen LogP contribution in [0.2, 0.25) is 0 Å². The fourth-order valence-corrected chi connectivity index (χ4v) is 2.98. The van der Waals surface area contributed by atoms with Crippen LogP contribution in [0.25, 0.3) is 0 Å². The minimum Gasteiger partial charge on any atom is -0.355 e. The zero-order valence-corrected chi connectivity index (χ0v) is 13.5. The predicted molar refractivity (Wildman–Crippen MR) is 87.2 cm³/mol. The van der Waals surface area contributed by atoms with Crippen LogP contribution in [-0.4, -0.2) is 37.0 Å². The number of benzene rings is 1. The van der Waals surface area contributed by atoms with E-state index in [1.54, 1.807) is 6.07 Å². The normalized spacial score (nSPS) is 17.7. The van der Waals surface area contributed by atoms with Gasteiger partial charge in [0.25, 0.3) is 0 Å². The molecule has 0 bridgehead atoms. The molecule has 1 heterocycles. The lowest BCUT2D eigenvalue weighted by Crippen LogP contribution is -2.38. The molecule has 1 aromatic rings. The third-order valence-electron chi connectivity index (χ3n) is 4.30. The third-order valence-corrected chi connectivity index (χ3v) is 4.30. The molecule has 1 aromatic carbocycles. The van der Waals surface area contributed by atoms with E-state index in [4.69, 9.17) is 0 Å². The number of nitrogens with one attached hydrogen (secondary N) is 1. The summed E-state index contributed by atoms with van der Waals surface area (Å²) < 4.78 is 13.2. The van der Waals surface area contributed by atoms with Gasteiger partial charge in [0.1, 0.15) is 5.82 Å². The average molecular weight is 306 g/mol. The molecule has 1 aliphatic rings. The molecule has 0 aromatic heterocycles. The zero-order valence-electron chi connectivity index (χ0n) is 13.5. The number of amides is 1. The molecule has 1 atom stereocenters. The Morgan fingerprint density at radius 1 is 1.27 bits per heavy atom. The first-order valence-corrected chi connectivity index (χ1v) is 8.39. The lowest BCUT2D eigenvalue weighted by molar-refractivity contribution is -0.124. The highest BCUT2D eigenvalue weighted by atomic mass is 19.1. The van der Waals surface area contributed by atoms with E-state index in [0.29, 0.717) is 13.0 Å². The number of likely N-dealkylation sites (tertiary alicyclic amines) is 1. The van der Waals surface area contributed by atoms with Crippen molar-refractivity contribution in [2.75, 3.05) is 26.2 Å². The Balaban J connectivity index is 1.69. The van der Waals surface area contributed by atoms with Crippen molar-refractivity contribution in [3.8, 4) is 0 Å². The molecule has 2 rings (SSSR count). The molecule has 1 fully saturated rings. The summed E-state index contributed by atoms with van der Waals surface area (Å²) in [5.41, 5.74) is 0.871. The lowest BCUT2D eigenvalue weighted by atomic mass is 10.0. The highest BCUT2D eigenvalue weighted by Gasteiger charge is 2.14. The number of carbonyl (C=O) groups excluding carboxylic acids is 1. The summed E-state index contributed by atoms with van der Waals surface area (Å²) in [6.07, 6.45) is 5.77. The topological polar surface area (TPSA) is 32.3 Å². The van der Waals surface area contributed by atoms with Crippen molar-refractivity contribution in [2.45, 2.75) is 39.0 Å². The maximum atomic E-state index is 13.2. The summed E-state index contributed by atoms with van der Waals surface area (Å²) in [5, 5.41) is 3.01. The molecular formula is C18H27FN2O. The van der Waals surface area contributed by atoms with Crippen LogP contribution in [0.1, 0.15) is 38.2 Å². The van der Waals surface area contributed by atoms with Gasteiger partial charge >= 0.3 is 0 Å². The second-order valence-electron chi connectivity index (χ2n) is 6.28. The summed E-state index contributed by atoms with van der Waals surface area (Å²) in [5.74, 6) is -0.323. The fraction of sp³-hybridized carbons (Fsp3) is 0.611. The molecule has 0 spiro atoms. The molecule has 1 amide bonds. The number of rotatable bonds is 6. The van der Waals surface area contributed by atoms with Crippen molar-refractivity contribution in [1.82, 2.24) is 10.2 Å². The van der Waals surface area contributed by atoms with Gasteiger partial charge in [-0.25, -0.2) is 4.39 Å². The van der Waals surface area contributed by atoms with Gasteiger partial charge in [0.15, 0.2) is 0 Å². The highest BCUT2D eigenvalue weighted by Crippen LogP contribution is 2.11. The molecule has 1 aliphatic heterocycles. The van der Waals surface area contributed by atoms with Crippen LogP contribution in [-0.2, 0) is 11.2 Å². The van der Waals surface area contributed by atoms with Gasteiger partial charge in [0, 0.05) is 19.0 Å². The highest BCUT2D eigenvalue weighted by molar-refractivity contribution is 5.78. The second kappa shape index (κ2) is 8.89. The largest absolute Gasteiger partial charge is 0.355 e. The lowest BCUT2D eigenvalue weighted by Gasteiger charge is -2.20. The maximum absolute atomic E-state index is 13.2. The summed E-state index contributed by atoms with van der Waals surface area (Å²) >= 11 is 0. The Bertz CT molecular complexity index is 470. The first-order chi connectivity index (χ1) is 10.6. The number of carbonyl (C=O) groups is 1. The fourth-order valence-electron chi connectivity index (χ4n) is 2.98. The quantitative estimate of drug-likeness (QED) is 0.876. The smallest absolute Gasteiger partial charge is 0.223 e. The van der Waals surface area contributed by atoms with Crippen molar-refractivity contribution in [3.05, 3.63) is 35.6 Å². The Labute approximate surface area is 132 Å². The zero-order chi connectivity index (χ0) is 15.8. The molecule has 1 unspecified atom stereocenters. The van der Waals surface area contributed by atoms with Crippen LogP contribution in [0.3, 0.4) is 0 Å². The van der Waals surface area contributed by atoms with Crippen LogP contribution >= 0.6 is 0 Å². The standard InChI is InChI=1S/C18H27FN2O/c1-15(13-16-7-6-8-17(19)14-16)18(22)20-9-12-21-10-4-2-3-5-11-21/h6-8,14-15H,2-5,9-13H2,1H3,(H,20,22). The van der Waals surface area contributed by atoms with Gasteiger partial charge in [-0.15, -0.1) is 0 Å². The second-order valence-corrected chi connectivity index (χ2v) is 6.28. The van der Waals surface area contributed by atoms with Crippen molar-refractivity contribution in [2.24, 2.45) is 5.92 Å². The minimum atomic E-state index is -0.244. The number of halogens is 1. The van der Waals surface area contributed by atoms with Crippen molar-refractivity contribution in [1.29, 1.82) is 0 Å². The van der Waals surface area contributed by atoms with Crippen LogP contribution in [0, 0.1) is 11.7 Å². The molecule has 0 aliphatic carbocycles. The van der Waals surface area contributed by atoms with E-state index >= 15 is 0 Å². The van der Waals surface area contributed by atoms with Gasteiger partial charge in [-0.2, -0.15) is 0 Å². The first-order valence-electron chi connectivity index (χ1n) is 8.39. The van der Waals surface area contributed by atoms with Gasteiger partial charge in [-0.05, 0) is 50.0 Å². The number of hydrogen-bond acceptors (Lipinski definition) is 2. The van der Waals surface area contributed by atoms with E-state index in [2.05, 4.69) is 10.2 Å². The Morgan fingerprint density at radius 3 is 2.68 bits per heavy atom. The minimum absolute atomic E-state index is 0.0547. The Kier molecular flexibility index (Phi) is 6.84. The van der Waals surface area contributed by atoms with E-state index in [0.717, 1.165) is 25.2 Å². The van der Waals surface area contributed by atoms with E-state index in [-0.39, 0.29) is 17.6 Å². The van der Waals surface area contributed by atoms with Crippen LogP contribution < -0.4 is 5.32 Å². The van der Waals surface area contributed by atoms with Gasteiger partial charge in [0.05, 0.1) is 0 Å². The van der Waals surface area contributed by atoms with Crippen LogP contribution in [0.15, 0.2) is 24.3 Å². The van der Waals surface area contributed by atoms with Crippen molar-refractivity contribution >= 4 is 5.91 Å². The van der Waals surface area contributed by atoms with Gasteiger partial charge in [-0.3, -0.25) is 4.79 Å². The predicted octanol–water partition coefficient (Wildman–Crippen LogP) is 3.00. The Hall–Kier alpha value is -1.42. The molecule has 22 heavy (non-hydrogen) atoms. The Morgan fingerprint density at radius 2 is 2.00 bits per heavy atom. The van der Waals surface area contributed by atoms with Crippen LogP contribution in [0.4, 0.5) is 4.39 Å². The summed E-state index contributed by atoms with van der Waals surface area (Å²) in [4.78, 5) is 14.6. The van der Waals surface area contributed by atoms with Crippen molar-refractivity contribution < 1.29 is 9.18 Å². The molecule has 0 saturated carbocycles. The van der Waals surface area contributed by atoms with Crippen molar-refractivity contribution in [3.63, 3.8) is 0 Å². The molecule has 3 nitrogen and oxygen atoms in total. The van der Waals surface area contributed by atoms with E-state index in [1.807, 2.05) is 13.0 Å². The van der Waals surface area contributed by atoms with Crippen LogP contribution in [0.5, 0.6) is 0 Å². The van der Waals surface area contributed by atoms with E-state index in [1.165, 1.54) is 37.8 Å². The van der Waals surface area contributed by atoms with Gasteiger partial charge in [0.2, 0.25) is 5.91 Å². The SMILES string of the molecule is CC(Cc1cccc(F)c1)C(=O)NCCN1CCCCCC1. The average Bonchev–Trinajstić information content (AvgIpc) is 2.76. The monoisotopic (exact) mass is 306 g/mol. The molecule has 1 N–H and O–H groups in total. The summed E-state index contributed by atoms with van der Waals surface area (Å²) in [6.45, 7) is 5.82. The first kappa shape index (κ1) is 16.9. The molecule has 1 saturated heterocycles. The summed E-state index contributed by atoms with van der Waals surface area (Å²) in [7, 11) is 0. The molecule has 122 valence electrons. The van der Waals surface area contributed by atoms with E-state index < -0.39 is 0 Å². The van der Waals surface area contributed by atoms with Gasteiger partial charge < -0.3 is 10.2 Å². The molecule has 4 heteroatoms. The maximum Gasteiger partial charge on any atom is 0.223 e. The number of nitrogens with zero attached hydrogens (tertiary/aromatic N) is 1. The molecule has 0 radical (unpaired) electrons. The molecular weight excluding hydrogens is 279 g/mol. The summed E-state index contributed by atoms with van der Waals surface area (Å²) in [6, 6.07) is 6.48. The third kappa shape index (κ3) is 5.76. The van der Waals surface area contributed by atoms with Gasteiger partial charge in [-0.1, -0.05) is 31.9 Å².